The van der Waals surface area contributed by atoms with Crippen molar-refractivity contribution in [2.45, 2.75) is 38.8 Å². The Morgan fingerprint density at radius 3 is 2.89 bits per heavy atom. The Morgan fingerprint density at radius 1 is 1.28 bits per heavy atom. The standard InChI is InChI=1S/C16H24N2/c1-2-13-7-8-18(11-13)12-16-9-14-5-3-4-6-15(14)10-17-16/h3-6,13,16-17H,2,7-12H2,1H3/t13?,16-/m1/s1. The van der Waals surface area contributed by atoms with Crippen LogP contribution in [0.4, 0.5) is 0 Å². The Labute approximate surface area is 110 Å². The average molecular weight is 244 g/mol. The van der Waals surface area contributed by atoms with E-state index in [4.69, 9.17) is 0 Å². The van der Waals surface area contributed by atoms with Gasteiger partial charge in [0.15, 0.2) is 0 Å². The maximum atomic E-state index is 3.69. The molecular weight excluding hydrogens is 220 g/mol. The molecular formula is C16H24N2. The van der Waals surface area contributed by atoms with Gasteiger partial charge in [-0.25, -0.2) is 0 Å². The van der Waals surface area contributed by atoms with Gasteiger partial charge in [-0.2, -0.15) is 0 Å². The van der Waals surface area contributed by atoms with Crippen molar-refractivity contribution in [1.82, 2.24) is 10.2 Å². The van der Waals surface area contributed by atoms with E-state index in [1.54, 1.807) is 5.56 Å². The molecule has 2 nitrogen and oxygen atoms in total. The zero-order valence-electron chi connectivity index (χ0n) is 11.4. The Hall–Kier alpha value is -0.860. The van der Waals surface area contributed by atoms with Crippen LogP contribution in [0.25, 0.3) is 0 Å². The fraction of sp³-hybridized carbons (Fsp3) is 0.625. The van der Waals surface area contributed by atoms with Crippen molar-refractivity contribution in [2.75, 3.05) is 19.6 Å². The first-order valence-electron chi connectivity index (χ1n) is 7.37. The molecule has 0 bridgehead atoms. The van der Waals surface area contributed by atoms with Gasteiger partial charge in [0.25, 0.3) is 0 Å². The highest BCUT2D eigenvalue weighted by molar-refractivity contribution is 5.29. The molecule has 1 unspecified atom stereocenters. The lowest BCUT2D eigenvalue weighted by atomic mass is 9.96. The summed E-state index contributed by atoms with van der Waals surface area (Å²) in [4.78, 5) is 2.65. The lowest BCUT2D eigenvalue weighted by molar-refractivity contribution is 0.272. The van der Waals surface area contributed by atoms with Crippen LogP contribution in [0.1, 0.15) is 30.9 Å². The molecule has 0 aliphatic carbocycles. The number of rotatable bonds is 3. The predicted octanol–water partition coefficient (Wildman–Crippen LogP) is 2.43. The van der Waals surface area contributed by atoms with Crippen molar-refractivity contribution in [3.63, 3.8) is 0 Å². The Balaban J connectivity index is 1.57. The Bertz CT molecular complexity index is 402. The van der Waals surface area contributed by atoms with E-state index in [2.05, 4.69) is 41.4 Å². The van der Waals surface area contributed by atoms with Crippen molar-refractivity contribution in [2.24, 2.45) is 5.92 Å². The normalized spacial score (nSPS) is 28.3. The van der Waals surface area contributed by atoms with Gasteiger partial charge in [-0.15, -0.1) is 0 Å². The molecule has 0 spiro atoms. The highest BCUT2D eigenvalue weighted by Gasteiger charge is 2.25. The molecule has 2 heteroatoms. The summed E-state index contributed by atoms with van der Waals surface area (Å²) in [7, 11) is 0. The Morgan fingerprint density at radius 2 is 2.11 bits per heavy atom. The van der Waals surface area contributed by atoms with E-state index in [0.717, 1.165) is 12.5 Å². The second kappa shape index (κ2) is 5.41. The van der Waals surface area contributed by atoms with E-state index >= 15 is 0 Å². The molecule has 1 N–H and O–H groups in total. The summed E-state index contributed by atoms with van der Waals surface area (Å²) < 4.78 is 0. The third-order valence-corrected chi connectivity index (χ3v) is 4.59. The molecule has 1 fully saturated rings. The van der Waals surface area contributed by atoms with Gasteiger partial charge in [0.2, 0.25) is 0 Å². The number of hydrogen-bond donors (Lipinski definition) is 1. The zero-order valence-corrected chi connectivity index (χ0v) is 11.4. The molecule has 0 radical (unpaired) electrons. The van der Waals surface area contributed by atoms with Crippen LogP contribution in [0.3, 0.4) is 0 Å². The number of nitrogens with one attached hydrogen (secondary N) is 1. The van der Waals surface area contributed by atoms with E-state index in [1.807, 2.05) is 0 Å². The lowest BCUT2D eigenvalue weighted by Gasteiger charge is -2.29. The van der Waals surface area contributed by atoms with E-state index in [-0.39, 0.29) is 0 Å². The molecule has 0 saturated carbocycles. The summed E-state index contributed by atoms with van der Waals surface area (Å²) in [5.74, 6) is 0.945. The molecule has 0 amide bonds. The minimum Gasteiger partial charge on any atom is -0.308 e. The summed E-state index contributed by atoms with van der Waals surface area (Å²) in [5.41, 5.74) is 3.04. The second-order valence-electron chi connectivity index (χ2n) is 5.87. The van der Waals surface area contributed by atoms with Gasteiger partial charge in [-0.3, -0.25) is 0 Å². The summed E-state index contributed by atoms with van der Waals surface area (Å²) in [6, 6.07) is 9.51. The molecule has 1 saturated heterocycles. The number of benzene rings is 1. The molecule has 0 aromatic heterocycles. The van der Waals surface area contributed by atoms with Gasteiger partial charge >= 0.3 is 0 Å². The monoisotopic (exact) mass is 244 g/mol. The SMILES string of the molecule is CCC1CCN(C[C@H]2Cc3ccccc3CN2)C1. The van der Waals surface area contributed by atoms with E-state index in [1.165, 1.54) is 44.5 Å². The van der Waals surface area contributed by atoms with Crippen LogP contribution in [0.2, 0.25) is 0 Å². The van der Waals surface area contributed by atoms with Crippen molar-refractivity contribution < 1.29 is 0 Å². The second-order valence-corrected chi connectivity index (χ2v) is 5.87. The fourth-order valence-corrected chi connectivity index (χ4v) is 3.37. The maximum Gasteiger partial charge on any atom is 0.0238 e. The predicted molar refractivity (Wildman–Crippen MR) is 75.6 cm³/mol. The van der Waals surface area contributed by atoms with Gasteiger partial charge in [0.05, 0.1) is 0 Å². The molecule has 1 aromatic rings. The van der Waals surface area contributed by atoms with E-state index < -0.39 is 0 Å². The topological polar surface area (TPSA) is 15.3 Å². The van der Waals surface area contributed by atoms with E-state index in [0.29, 0.717) is 6.04 Å². The summed E-state index contributed by atoms with van der Waals surface area (Å²) >= 11 is 0. The first kappa shape index (κ1) is 12.2. The lowest BCUT2D eigenvalue weighted by Crippen LogP contribution is -2.44. The number of fused-ring (bicyclic) bond motifs is 1. The van der Waals surface area contributed by atoms with Crippen LogP contribution >= 0.6 is 0 Å². The fourth-order valence-electron chi connectivity index (χ4n) is 3.37. The van der Waals surface area contributed by atoms with Gasteiger partial charge < -0.3 is 10.2 Å². The first-order chi connectivity index (χ1) is 8.85. The summed E-state index contributed by atoms with van der Waals surface area (Å²) in [6.07, 6.45) is 3.95. The molecule has 1 aromatic carbocycles. The van der Waals surface area contributed by atoms with Crippen LogP contribution in [0.5, 0.6) is 0 Å². The quantitative estimate of drug-likeness (QED) is 0.878. The van der Waals surface area contributed by atoms with E-state index in [9.17, 15) is 0 Å². The molecule has 3 rings (SSSR count). The molecule has 18 heavy (non-hydrogen) atoms. The summed E-state index contributed by atoms with van der Waals surface area (Å²) in [6.45, 7) is 7.22. The van der Waals surface area contributed by atoms with Crippen LogP contribution in [-0.4, -0.2) is 30.6 Å². The van der Waals surface area contributed by atoms with Gasteiger partial charge in [0, 0.05) is 25.7 Å². The summed E-state index contributed by atoms with van der Waals surface area (Å²) in [5, 5.41) is 3.69. The van der Waals surface area contributed by atoms with Crippen molar-refractivity contribution in [1.29, 1.82) is 0 Å². The number of likely N-dealkylation sites (tertiary alicyclic amines) is 1. The Kier molecular flexibility index (Phi) is 3.67. The van der Waals surface area contributed by atoms with Crippen LogP contribution < -0.4 is 5.32 Å². The minimum absolute atomic E-state index is 0.649. The molecule has 2 aliphatic rings. The minimum atomic E-state index is 0.649. The van der Waals surface area contributed by atoms with Crippen LogP contribution in [-0.2, 0) is 13.0 Å². The smallest absolute Gasteiger partial charge is 0.0238 e. The zero-order chi connectivity index (χ0) is 12.4. The highest BCUT2D eigenvalue weighted by atomic mass is 15.2. The van der Waals surface area contributed by atoms with Gasteiger partial charge in [-0.05, 0) is 36.4 Å². The van der Waals surface area contributed by atoms with Crippen molar-refractivity contribution in [3.8, 4) is 0 Å². The first-order valence-corrected chi connectivity index (χ1v) is 7.37. The third kappa shape index (κ3) is 2.60. The average Bonchev–Trinajstić information content (AvgIpc) is 2.86. The number of hydrogen-bond acceptors (Lipinski definition) is 2. The third-order valence-electron chi connectivity index (χ3n) is 4.59. The van der Waals surface area contributed by atoms with Crippen molar-refractivity contribution in [3.05, 3.63) is 35.4 Å². The largest absolute Gasteiger partial charge is 0.308 e. The van der Waals surface area contributed by atoms with Gasteiger partial charge in [-0.1, -0.05) is 37.6 Å². The molecule has 2 heterocycles. The number of nitrogens with zero attached hydrogens (tertiary/aromatic N) is 1. The van der Waals surface area contributed by atoms with Gasteiger partial charge in [0.1, 0.15) is 0 Å². The molecule has 2 aliphatic heterocycles. The van der Waals surface area contributed by atoms with Crippen LogP contribution in [0.15, 0.2) is 24.3 Å². The maximum absolute atomic E-state index is 3.69. The molecule has 98 valence electrons. The van der Waals surface area contributed by atoms with Crippen molar-refractivity contribution >= 4 is 0 Å². The highest BCUT2D eigenvalue weighted by Crippen LogP contribution is 2.21. The molecule has 2 atom stereocenters. The van der Waals surface area contributed by atoms with Crippen LogP contribution in [0, 0.1) is 5.92 Å².